The number of rotatable bonds is 4. The van der Waals surface area contributed by atoms with E-state index in [1.54, 1.807) is 14.0 Å². The lowest BCUT2D eigenvalue weighted by atomic mass is 10.1. The molecule has 1 aromatic carbocycles. The lowest BCUT2D eigenvalue weighted by Crippen LogP contribution is -2.00. The molecule has 2 aromatic rings. The summed E-state index contributed by atoms with van der Waals surface area (Å²) in [5, 5.41) is 19.7. The first-order chi connectivity index (χ1) is 8.17. The molecule has 4 heteroatoms. The minimum atomic E-state index is -0.537. The molecule has 0 radical (unpaired) electrons. The lowest BCUT2D eigenvalue weighted by Gasteiger charge is -2.04. The molecule has 92 valence electrons. The zero-order valence-electron chi connectivity index (χ0n) is 10.1. The van der Waals surface area contributed by atoms with E-state index in [0.717, 1.165) is 22.2 Å². The van der Waals surface area contributed by atoms with Crippen molar-refractivity contribution in [2.75, 3.05) is 13.7 Å². The van der Waals surface area contributed by atoms with Crippen LogP contribution in [0.1, 0.15) is 18.6 Å². The number of fused-ring (bicyclic) bond motifs is 1. The van der Waals surface area contributed by atoms with Crippen molar-refractivity contribution in [2.45, 2.75) is 19.6 Å². The summed E-state index contributed by atoms with van der Waals surface area (Å²) in [6.07, 6.45) is 1.34. The van der Waals surface area contributed by atoms with E-state index in [9.17, 15) is 5.11 Å². The fraction of sp³-hybridized carbons (Fsp3) is 0.385. The minimum Gasteiger partial charge on any atom is -0.497 e. The Kier molecular flexibility index (Phi) is 3.36. The van der Waals surface area contributed by atoms with Gasteiger partial charge in [0.25, 0.3) is 0 Å². The van der Waals surface area contributed by atoms with E-state index >= 15 is 0 Å². The molecule has 2 N–H and O–H groups in total. The second kappa shape index (κ2) is 4.77. The summed E-state index contributed by atoms with van der Waals surface area (Å²) in [6, 6.07) is 5.73. The van der Waals surface area contributed by atoms with Crippen molar-refractivity contribution in [1.29, 1.82) is 0 Å². The molecule has 4 nitrogen and oxygen atoms in total. The van der Waals surface area contributed by atoms with Crippen LogP contribution in [-0.4, -0.2) is 28.5 Å². The van der Waals surface area contributed by atoms with Gasteiger partial charge in [-0.2, -0.15) is 0 Å². The number of hydrogen-bond acceptors (Lipinski definition) is 3. The molecule has 0 amide bonds. The number of nitrogens with zero attached hydrogens (tertiary/aromatic N) is 1. The van der Waals surface area contributed by atoms with Gasteiger partial charge in [-0.05, 0) is 25.1 Å². The first kappa shape index (κ1) is 12.0. The van der Waals surface area contributed by atoms with E-state index in [2.05, 4.69) is 0 Å². The highest BCUT2D eigenvalue weighted by Gasteiger charge is 2.12. The summed E-state index contributed by atoms with van der Waals surface area (Å²) in [6.45, 7) is 2.34. The van der Waals surface area contributed by atoms with E-state index in [4.69, 9.17) is 9.84 Å². The molecule has 0 aliphatic carbocycles. The predicted octanol–water partition coefficient (Wildman–Crippen LogP) is 1.70. The Morgan fingerprint density at radius 2 is 2.18 bits per heavy atom. The third kappa shape index (κ3) is 2.14. The normalized spacial score (nSPS) is 12.9. The molecule has 2 rings (SSSR count). The van der Waals surface area contributed by atoms with Crippen molar-refractivity contribution in [1.82, 2.24) is 4.57 Å². The van der Waals surface area contributed by atoms with Crippen molar-refractivity contribution in [3.8, 4) is 5.75 Å². The van der Waals surface area contributed by atoms with Crippen molar-refractivity contribution < 1.29 is 14.9 Å². The van der Waals surface area contributed by atoms with Crippen LogP contribution in [0.5, 0.6) is 5.75 Å². The largest absolute Gasteiger partial charge is 0.497 e. The summed E-state index contributed by atoms with van der Waals surface area (Å²) in [4.78, 5) is 0. The maximum Gasteiger partial charge on any atom is 0.119 e. The summed E-state index contributed by atoms with van der Waals surface area (Å²) < 4.78 is 7.13. The zero-order valence-corrected chi connectivity index (χ0v) is 10.1. The monoisotopic (exact) mass is 235 g/mol. The number of benzene rings is 1. The van der Waals surface area contributed by atoms with Gasteiger partial charge in [0, 0.05) is 29.2 Å². The van der Waals surface area contributed by atoms with Crippen molar-refractivity contribution in [3.63, 3.8) is 0 Å². The first-order valence-electron chi connectivity index (χ1n) is 5.63. The van der Waals surface area contributed by atoms with Gasteiger partial charge < -0.3 is 19.5 Å². The lowest BCUT2D eigenvalue weighted by molar-refractivity contribution is 0.200. The fourth-order valence-electron chi connectivity index (χ4n) is 2.06. The van der Waals surface area contributed by atoms with Crippen molar-refractivity contribution >= 4 is 10.9 Å². The first-order valence-corrected chi connectivity index (χ1v) is 5.63. The Labute approximate surface area is 100 Å². The van der Waals surface area contributed by atoms with E-state index < -0.39 is 6.10 Å². The predicted molar refractivity (Wildman–Crippen MR) is 66.2 cm³/mol. The molecule has 0 aliphatic heterocycles. The minimum absolute atomic E-state index is 0.0784. The van der Waals surface area contributed by atoms with Crippen LogP contribution in [0, 0.1) is 0 Å². The van der Waals surface area contributed by atoms with Gasteiger partial charge in [-0.25, -0.2) is 0 Å². The molecule has 17 heavy (non-hydrogen) atoms. The quantitative estimate of drug-likeness (QED) is 0.848. The van der Waals surface area contributed by atoms with Gasteiger partial charge in [0.05, 0.1) is 19.8 Å². The van der Waals surface area contributed by atoms with Crippen LogP contribution in [0.2, 0.25) is 0 Å². The van der Waals surface area contributed by atoms with E-state index in [0.29, 0.717) is 6.54 Å². The van der Waals surface area contributed by atoms with Crippen molar-refractivity contribution in [2.24, 2.45) is 0 Å². The molecule has 0 saturated heterocycles. The van der Waals surface area contributed by atoms with Crippen LogP contribution < -0.4 is 4.74 Å². The number of methoxy groups -OCH3 is 1. The number of aromatic nitrogens is 1. The third-order valence-electron chi connectivity index (χ3n) is 2.91. The average Bonchev–Trinajstić information content (AvgIpc) is 2.68. The van der Waals surface area contributed by atoms with Gasteiger partial charge >= 0.3 is 0 Å². The number of aliphatic hydroxyl groups excluding tert-OH is 2. The Balaban J connectivity index is 2.63. The zero-order chi connectivity index (χ0) is 12.4. The number of hydrogen-bond donors (Lipinski definition) is 2. The maximum atomic E-state index is 9.75. The highest BCUT2D eigenvalue weighted by Crippen LogP contribution is 2.29. The molecule has 0 spiro atoms. The van der Waals surface area contributed by atoms with Crippen LogP contribution in [0.3, 0.4) is 0 Å². The number of ether oxygens (including phenoxy) is 1. The topological polar surface area (TPSA) is 54.6 Å². The molecule has 0 saturated carbocycles. The van der Waals surface area contributed by atoms with Crippen LogP contribution >= 0.6 is 0 Å². The van der Waals surface area contributed by atoms with Gasteiger partial charge in [0.15, 0.2) is 0 Å². The highest BCUT2D eigenvalue weighted by molar-refractivity contribution is 5.85. The van der Waals surface area contributed by atoms with Crippen LogP contribution in [0.15, 0.2) is 24.4 Å². The summed E-state index contributed by atoms with van der Waals surface area (Å²) in [5.74, 6) is 0.765. The molecule has 1 atom stereocenters. The van der Waals surface area contributed by atoms with E-state index in [1.165, 1.54) is 0 Å². The molecule has 0 fully saturated rings. The summed E-state index contributed by atoms with van der Waals surface area (Å²) in [5.41, 5.74) is 1.85. The van der Waals surface area contributed by atoms with Gasteiger partial charge in [-0.3, -0.25) is 0 Å². The van der Waals surface area contributed by atoms with Crippen LogP contribution in [0.25, 0.3) is 10.9 Å². The Hall–Kier alpha value is -1.52. The smallest absolute Gasteiger partial charge is 0.119 e. The molecule has 1 heterocycles. The molecular formula is C13H17NO3. The SMILES string of the molecule is COc1ccc2c(c1)c(C(C)O)cn2CCO. The molecular weight excluding hydrogens is 218 g/mol. The number of aliphatic hydroxyl groups is 2. The second-order valence-electron chi connectivity index (χ2n) is 4.06. The molecule has 1 aromatic heterocycles. The van der Waals surface area contributed by atoms with Crippen molar-refractivity contribution in [3.05, 3.63) is 30.0 Å². The van der Waals surface area contributed by atoms with Gasteiger partial charge in [0.1, 0.15) is 5.75 Å². The highest BCUT2D eigenvalue weighted by atomic mass is 16.5. The average molecular weight is 235 g/mol. The molecule has 0 aliphatic rings. The van der Waals surface area contributed by atoms with E-state index in [1.807, 2.05) is 29.0 Å². The Bertz CT molecular complexity index is 517. The maximum absolute atomic E-state index is 9.75. The fourth-order valence-corrected chi connectivity index (χ4v) is 2.06. The standard InChI is InChI=1S/C13H17NO3/c1-9(16)12-8-14(5-6-15)13-4-3-10(17-2)7-11(12)13/h3-4,7-9,15-16H,5-6H2,1-2H3. The Morgan fingerprint density at radius 3 is 2.76 bits per heavy atom. The third-order valence-corrected chi connectivity index (χ3v) is 2.91. The summed E-state index contributed by atoms with van der Waals surface area (Å²) in [7, 11) is 1.62. The van der Waals surface area contributed by atoms with Crippen LogP contribution in [-0.2, 0) is 6.54 Å². The summed E-state index contributed by atoms with van der Waals surface area (Å²) >= 11 is 0. The molecule has 1 unspecified atom stereocenters. The van der Waals surface area contributed by atoms with Gasteiger partial charge in [-0.15, -0.1) is 0 Å². The van der Waals surface area contributed by atoms with Gasteiger partial charge in [-0.1, -0.05) is 0 Å². The van der Waals surface area contributed by atoms with Crippen LogP contribution in [0.4, 0.5) is 0 Å². The second-order valence-corrected chi connectivity index (χ2v) is 4.06. The van der Waals surface area contributed by atoms with E-state index in [-0.39, 0.29) is 6.61 Å². The Morgan fingerprint density at radius 1 is 1.41 bits per heavy atom. The molecule has 0 bridgehead atoms. The van der Waals surface area contributed by atoms with Gasteiger partial charge in [0.2, 0.25) is 0 Å².